The molecule has 1 fully saturated rings. The van der Waals surface area contributed by atoms with Crippen LogP contribution in [-0.2, 0) is 4.79 Å². The van der Waals surface area contributed by atoms with Gasteiger partial charge in [0.25, 0.3) is 0 Å². The molecule has 5 heteroatoms. The van der Waals surface area contributed by atoms with Crippen LogP contribution in [-0.4, -0.2) is 32.6 Å². The van der Waals surface area contributed by atoms with E-state index >= 15 is 0 Å². The normalized spacial score (nSPS) is 27.2. The van der Waals surface area contributed by atoms with Gasteiger partial charge in [0.1, 0.15) is 0 Å². The fourth-order valence-corrected chi connectivity index (χ4v) is 4.10. The molecule has 1 saturated carbocycles. The maximum absolute atomic E-state index is 13.2. The maximum atomic E-state index is 13.2. The quantitative estimate of drug-likeness (QED) is 0.902. The topological polar surface area (TPSA) is 49.6 Å². The van der Waals surface area contributed by atoms with E-state index in [0.717, 1.165) is 43.7 Å². The molecule has 3 rings (SSSR count). The first kappa shape index (κ1) is 18.1. The molecule has 1 amide bonds. The second kappa shape index (κ2) is 7.54. The zero-order valence-electron chi connectivity index (χ0n) is 14.1. The average Bonchev–Trinajstić information content (AvgIpc) is 2.95. The monoisotopic (exact) mass is 337 g/mol. The van der Waals surface area contributed by atoms with E-state index in [-0.39, 0.29) is 24.2 Å². The van der Waals surface area contributed by atoms with E-state index in [1.807, 2.05) is 17.0 Å². The Morgan fingerprint density at radius 2 is 1.91 bits per heavy atom. The van der Waals surface area contributed by atoms with Gasteiger partial charge in [0.2, 0.25) is 5.91 Å². The van der Waals surface area contributed by atoms with E-state index in [1.54, 1.807) is 0 Å². The summed E-state index contributed by atoms with van der Waals surface area (Å²) < 4.78 is 0. The van der Waals surface area contributed by atoms with E-state index in [4.69, 9.17) is 5.73 Å². The van der Waals surface area contributed by atoms with Gasteiger partial charge >= 0.3 is 0 Å². The molecule has 2 N–H and O–H groups in total. The summed E-state index contributed by atoms with van der Waals surface area (Å²) in [5, 5.41) is 0. The number of carbonyl (C=O) groups is 1. The molecule has 1 unspecified atom stereocenters. The van der Waals surface area contributed by atoms with Crippen molar-refractivity contribution in [1.82, 2.24) is 0 Å². The van der Waals surface area contributed by atoms with Crippen LogP contribution < -0.4 is 15.5 Å². The van der Waals surface area contributed by atoms with Gasteiger partial charge in [0.15, 0.2) is 0 Å². The summed E-state index contributed by atoms with van der Waals surface area (Å²) in [5.74, 6) is 1.20. The van der Waals surface area contributed by atoms with Crippen molar-refractivity contribution in [2.45, 2.75) is 26.2 Å². The van der Waals surface area contributed by atoms with Gasteiger partial charge in [-0.25, -0.2) is 0 Å². The molecular weight excluding hydrogens is 310 g/mol. The molecule has 0 aromatic heterocycles. The zero-order valence-corrected chi connectivity index (χ0v) is 14.9. The molecule has 1 heterocycles. The molecule has 0 saturated heterocycles. The first-order valence-corrected chi connectivity index (χ1v) is 8.43. The minimum absolute atomic E-state index is 0. The number of rotatable bonds is 2. The van der Waals surface area contributed by atoms with E-state index in [9.17, 15) is 4.79 Å². The van der Waals surface area contributed by atoms with Gasteiger partial charge < -0.3 is 15.5 Å². The number of hydrogen-bond donors (Lipinski definition) is 1. The summed E-state index contributed by atoms with van der Waals surface area (Å²) in [6, 6.07) is 8.27. The van der Waals surface area contributed by atoms with Crippen LogP contribution in [0.5, 0.6) is 0 Å². The number of para-hydroxylation sites is 2. The summed E-state index contributed by atoms with van der Waals surface area (Å²) in [5.41, 5.74) is 8.10. The Balaban J connectivity index is 0.00000192. The third kappa shape index (κ3) is 3.48. The Kier molecular flexibility index (Phi) is 5.93. The van der Waals surface area contributed by atoms with E-state index < -0.39 is 0 Å². The van der Waals surface area contributed by atoms with Gasteiger partial charge in [-0.15, -0.1) is 12.4 Å². The molecule has 1 aliphatic heterocycles. The number of hydrogen-bond acceptors (Lipinski definition) is 3. The maximum Gasteiger partial charge on any atom is 0.230 e. The number of benzene rings is 1. The number of halogens is 1. The Bertz CT molecular complexity index is 551. The Morgan fingerprint density at radius 3 is 2.61 bits per heavy atom. The van der Waals surface area contributed by atoms with Crippen molar-refractivity contribution in [1.29, 1.82) is 0 Å². The number of fused-ring (bicyclic) bond motifs is 1. The fraction of sp³-hybridized carbons (Fsp3) is 0.611. The highest BCUT2D eigenvalue weighted by atomic mass is 35.5. The SMILES string of the molecule is CC1CN(C)c2ccccc2N(C(=O)[C@@H]2CCC[C@@H]2CN)C1.Cl. The predicted molar refractivity (Wildman–Crippen MR) is 98.4 cm³/mol. The van der Waals surface area contributed by atoms with E-state index in [0.29, 0.717) is 18.4 Å². The summed E-state index contributed by atoms with van der Waals surface area (Å²) in [4.78, 5) is 17.5. The van der Waals surface area contributed by atoms with Crippen LogP contribution >= 0.6 is 12.4 Å². The summed E-state index contributed by atoms with van der Waals surface area (Å²) in [7, 11) is 2.11. The lowest BCUT2D eigenvalue weighted by Gasteiger charge is -2.29. The van der Waals surface area contributed by atoms with Crippen LogP contribution in [0.1, 0.15) is 26.2 Å². The molecule has 4 nitrogen and oxygen atoms in total. The van der Waals surface area contributed by atoms with E-state index in [2.05, 4.69) is 31.0 Å². The number of anilines is 2. The van der Waals surface area contributed by atoms with Crippen LogP contribution in [0, 0.1) is 17.8 Å². The van der Waals surface area contributed by atoms with Gasteiger partial charge in [-0.05, 0) is 43.4 Å². The van der Waals surface area contributed by atoms with Gasteiger partial charge in [-0.1, -0.05) is 25.5 Å². The highest BCUT2D eigenvalue weighted by molar-refractivity contribution is 5.98. The van der Waals surface area contributed by atoms with Crippen molar-refractivity contribution < 1.29 is 4.79 Å². The first-order chi connectivity index (χ1) is 10.6. The number of amides is 1. The largest absolute Gasteiger partial charge is 0.373 e. The second-order valence-electron chi connectivity index (χ2n) is 6.96. The highest BCUT2D eigenvalue weighted by Gasteiger charge is 2.37. The van der Waals surface area contributed by atoms with Crippen LogP contribution in [0.2, 0.25) is 0 Å². The van der Waals surface area contributed by atoms with Crippen LogP contribution in [0.15, 0.2) is 24.3 Å². The van der Waals surface area contributed by atoms with Crippen molar-refractivity contribution in [2.75, 3.05) is 36.5 Å². The second-order valence-corrected chi connectivity index (χ2v) is 6.96. The first-order valence-electron chi connectivity index (χ1n) is 8.43. The molecule has 2 aliphatic rings. The molecule has 23 heavy (non-hydrogen) atoms. The molecule has 1 aliphatic carbocycles. The third-order valence-electron chi connectivity index (χ3n) is 5.21. The molecule has 0 radical (unpaired) electrons. The Hall–Kier alpha value is -1.26. The lowest BCUT2D eigenvalue weighted by molar-refractivity contribution is -0.123. The van der Waals surface area contributed by atoms with Crippen LogP contribution in [0.25, 0.3) is 0 Å². The molecule has 0 spiro atoms. The zero-order chi connectivity index (χ0) is 15.7. The van der Waals surface area contributed by atoms with Gasteiger partial charge in [0, 0.05) is 26.1 Å². The van der Waals surface area contributed by atoms with Crippen molar-refractivity contribution in [3.05, 3.63) is 24.3 Å². The van der Waals surface area contributed by atoms with Gasteiger partial charge in [-0.2, -0.15) is 0 Å². The molecule has 0 bridgehead atoms. The van der Waals surface area contributed by atoms with Crippen molar-refractivity contribution in [2.24, 2.45) is 23.5 Å². The smallest absolute Gasteiger partial charge is 0.230 e. The predicted octanol–water partition coefficient (Wildman–Crippen LogP) is 2.90. The highest BCUT2D eigenvalue weighted by Crippen LogP contribution is 2.37. The minimum Gasteiger partial charge on any atom is -0.373 e. The Labute approximate surface area is 145 Å². The molecule has 1 aromatic carbocycles. The standard InChI is InChI=1S/C18H27N3O.ClH/c1-13-11-20(2)16-8-3-4-9-17(16)21(12-13)18(22)15-7-5-6-14(15)10-19;/h3-4,8-9,13-15H,5-7,10-12,19H2,1-2H3;1H/t13?,14-,15-;/m1./s1. The average molecular weight is 338 g/mol. The van der Waals surface area contributed by atoms with E-state index in [1.165, 1.54) is 0 Å². The lowest BCUT2D eigenvalue weighted by atomic mass is 9.94. The lowest BCUT2D eigenvalue weighted by Crippen LogP contribution is -2.41. The van der Waals surface area contributed by atoms with Crippen molar-refractivity contribution >= 4 is 29.7 Å². The molecular formula is C18H28ClN3O. The summed E-state index contributed by atoms with van der Waals surface area (Å²) >= 11 is 0. The summed E-state index contributed by atoms with van der Waals surface area (Å²) in [6.07, 6.45) is 3.21. The van der Waals surface area contributed by atoms with Crippen molar-refractivity contribution in [3.8, 4) is 0 Å². The molecule has 3 atom stereocenters. The van der Waals surface area contributed by atoms with Gasteiger partial charge in [0.05, 0.1) is 11.4 Å². The number of nitrogens with zero attached hydrogens (tertiary/aromatic N) is 2. The molecule has 128 valence electrons. The van der Waals surface area contributed by atoms with Gasteiger partial charge in [-0.3, -0.25) is 4.79 Å². The fourth-order valence-electron chi connectivity index (χ4n) is 4.10. The minimum atomic E-state index is 0. The third-order valence-corrected chi connectivity index (χ3v) is 5.21. The van der Waals surface area contributed by atoms with Crippen LogP contribution in [0.4, 0.5) is 11.4 Å². The number of carbonyl (C=O) groups excluding carboxylic acids is 1. The number of nitrogens with two attached hydrogens (primary N) is 1. The molecule has 1 aromatic rings. The summed E-state index contributed by atoms with van der Waals surface area (Å²) in [6.45, 7) is 4.62. The van der Waals surface area contributed by atoms with Crippen LogP contribution in [0.3, 0.4) is 0 Å². The van der Waals surface area contributed by atoms with Crippen molar-refractivity contribution in [3.63, 3.8) is 0 Å². The Morgan fingerprint density at radius 1 is 1.22 bits per heavy atom.